The SMILES string of the molecule is COc1ccc(CCN(C(=O)c2ccc(Cl)c([N+](=O)[O-])c2)C2CC(=O)N(c3ccc(Cl)cc3)C2=O)cc1OC. The number of halogens is 2. The molecule has 202 valence electrons. The summed E-state index contributed by atoms with van der Waals surface area (Å²) in [6.45, 7) is 0.0306. The molecular formula is C27H23Cl2N3O7. The van der Waals surface area contributed by atoms with E-state index in [1.807, 2.05) is 0 Å². The number of nitrogens with zero attached hydrogens (tertiary/aromatic N) is 3. The first-order valence-electron chi connectivity index (χ1n) is 11.7. The topological polar surface area (TPSA) is 119 Å². The first kappa shape index (κ1) is 27.9. The lowest BCUT2D eigenvalue weighted by molar-refractivity contribution is -0.384. The van der Waals surface area contributed by atoms with E-state index in [4.69, 9.17) is 32.7 Å². The van der Waals surface area contributed by atoms with Crippen molar-refractivity contribution in [2.75, 3.05) is 25.7 Å². The van der Waals surface area contributed by atoms with Crippen LogP contribution in [0.3, 0.4) is 0 Å². The number of anilines is 1. The molecule has 0 saturated carbocycles. The molecule has 1 aliphatic rings. The summed E-state index contributed by atoms with van der Waals surface area (Å²) in [6, 6.07) is 14.0. The number of hydrogen-bond donors (Lipinski definition) is 0. The van der Waals surface area contributed by atoms with Crippen molar-refractivity contribution in [3.63, 3.8) is 0 Å². The molecule has 1 heterocycles. The van der Waals surface area contributed by atoms with Gasteiger partial charge in [-0.3, -0.25) is 24.5 Å². The molecule has 1 saturated heterocycles. The largest absolute Gasteiger partial charge is 0.493 e. The van der Waals surface area contributed by atoms with E-state index in [-0.39, 0.29) is 23.6 Å². The van der Waals surface area contributed by atoms with E-state index in [2.05, 4.69) is 0 Å². The Morgan fingerprint density at radius 1 is 1.03 bits per heavy atom. The zero-order valence-corrected chi connectivity index (χ0v) is 22.4. The van der Waals surface area contributed by atoms with Gasteiger partial charge in [0.25, 0.3) is 17.5 Å². The number of rotatable bonds is 9. The molecule has 0 bridgehead atoms. The number of carbonyl (C=O) groups is 3. The van der Waals surface area contributed by atoms with Crippen LogP contribution in [0.2, 0.25) is 10.0 Å². The molecule has 0 aliphatic carbocycles. The zero-order valence-electron chi connectivity index (χ0n) is 20.9. The molecule has 0 N–H and O–H groups in total. The molecule has 39 heavy (non-hydrogen) atoms. The van der Waals surface area contributed by atoms with Crippen molar-refractivity contribution in [3.05, 3.63) is 92.0 Å². The third kappa shape index (κ3) is 5.81. The normalized spacial score (nSPS) is 14.9. The summed E-state index contributed by atoms with van der Waals surface area (Å²) < 4.78 is 10.6. The van der Waals surface area contributed by atoms with E-state index in [0.717, 1.165) is 16.5 Å². The summed E-state index contributed by atoms with van der Waals surface area (Å²) in [5.74, 6) is -0.718. The van der Waals surface area contributed by atoms with Crippen LogP contribution in [-0.4, -0.2) is 54.4 Å². The molecule has 3 amide bonds. The summed E-state index contributed by atoms with van der Waals surface area (Å²) >= 11 is 11.9. The average Bonchev–Trinajstić information content (AvgIpc) is 3.22. The zero-order chi connectivity index (χ0) is 28.3. The van der Waals surface area contributed by atoms with Gasteiger partial charge in [-0.1, -0.05) is 29.3 Å². The van der Waals surface area contributed by atoms with Crippen LogP contribution in [-0.2, 0) is 16.0 Å². The highest BCUT2D eigenvalue weighted by atomic mass is 35.5. The van der Waals surface area contributed by atoms with Crippen LogP contribution in [0.4, 0.5) is 11.4 Å². The second-order valence-electron chi connectivity index (χ2n) is 8.62. The van der Waals surface area contributed by atoms with Gasteiger partial charge in [-0.2, -0.15) is 0 Å². The highest BCUT2D eigenvalue weighted by Gasteiger charge is 2.44. The molecule has 1 atom stereocenters. The van der Waals surface area contributed by atoms with Crippen LogP contribution < -0.4 is 14.4 Å². The molecule has 3 aromatic carbocycles. The lowest BCUT2D eigenvalue weighted by atomic mass is 10.1. The monoisotopic (exact) mass is 571 g/mol. The van der Waals surface area contributed by atoms with E-state index in [9.17, 15) is 24.5 Å². The van der Waals surface area contributed by atoms with E-state index >= 15 is 0 Å². The minimum atomic E-state index is -1.13. The molecule has 0 radical (unpaired) electrons. The van der Waals surface area contributed by atoms with E-state index in [0.29, 0.717) is 28.6 Å². The van der Waals surface area contributed by atoms with Crippen LogP contribution in [0, 0.1) is 10.1 Å². The second kappa shape index (κ2) is 11.7. The Morgan fingerprint density at radius 3 is 2.36 bits per heavy atom. The van der Waals surface area contributed by atoms with Crippen molar-refractivity contribution in [3.8, 4) is 11.5 Å². The van der Waals surface area contributed by atoms with E-state index in [1.165, 1.54) is 31.3 Å². The van der Waals surface area contributed by atoms with Gasteiger partial charge in [-0.15, -0.1) is 0 Å². The molecule has 1 aliphatic heterocycles. The number of nitro benzene ring substituents is 1. The van der Waals surface area contributed by atoms with E-state index < -0.39 is 34.4 Å². The van der Waals surface area contributed by atoms with E-state index in [1.54, 1.807) is 42.5 Å². The predicted octanol–water partition coefficient (Wildman–Crippen LogP) is 4.94. The van der Waals surface area contributed by atoms with Crippen LogP contribution in [0.15, 0.2) is 60.7 Å². The van der Waals surface area contributed by atoms with Gasteiger partial charge in [0.2, 0.25) is 5.91 Å². The lowest BCUT2D eigenvalue weighted by Crippen LogP contribution is -2.46. The molecule has 12 heteroatoms. The predicted molar refractivity (Wildman–Crippen MR) is 145 cm³/mol. The van der Waals surface area contributed by atoms with Gasteiger partial charge in [-0.05, 0) is 60.5 Å². The van der Waals surface area contributed by atoms with Gasteiger partial charge < -0.3 is 14.4 Å². The summed E-state index contributed by atoms with van der Waals surface area (Å²) in [7, 11) is 3.01. The highest BCUT2D eigenvalue weighted by molar-refractivity contribution is 6.33. The van der Waals surface area contributed by atoms with Crippen LogP contribution in [0.5, 0.6) is 11.5 Å². The van der Waals surface area contributed by atoms with Gasteiger partial charge in [0.1, 0.15) is 11.1 Å². The van der Waals surface area contributed by atoms with Crippen LogP contribution in [0.1, 0.15) is 22.3 Å². The van der Waals surface area contributed by atoms with Gasteiger partial charge in [0.05, 0.1) is 31.3 Å². The highest BCUT2D eigenvalue weighted by Crippen LogP contribution is 2.31. The van der Waals surface area contributed by atoms with Crippen LogP contribution in [0.25, 0.3) is 0 Å². The molecule has 0 spiro atoms. The standard InChI is InChI=1S/C27H23Cl2N3O7/c1-38-23-10-3-16(13-24(23)39-2)11-12-30(26(34)17-4-9-20(29)21(14-17)32(36)37)22-15-25(33)31(27(22)35)19-7-5-18(28)6-8-19/h3-10,13-14,22H,11-12,15H2,1-2H3. The van der Waals surface area contributed by atoms with Crippen molar-refractivity contribution in [1.82, 2.24) is 4.90 Å². The third-order valence-electron chi connectivity index (χ3n) is 6.32. The molecular weight excluding hydrogens is 549 g/mol. The summed E-state index contributed by atoms with van der Waals surface area (Å²) in [4.78, 5) is 53.2. The fourth-order valence-electron chi connectivity index (χ4n) is 4.36. The first-order chi connectivity index (χ1) is 18.6. The van der Waals surface area contributed by atoms with Crippen molar-refractivity contribution >= 4 is 52.3 Å². The number of ether oxygens (including phenoxy) is 2. The Kier molecular flexibility index (Phi) is 8.37. The number of benzene rings is 3. The van der Waals surface area contributed by atoms with Crippen molar-refractivity contribution in [2.45, 2.75) is 18.9 Å². The summed E-state index contributed by atoms with van der Waals surface area (Å²) in [6.07, 6.45) is 0.0372. The van der Waals surface area contributed by atoms with Gasteiger partial charge in [0.15, 0.2) is 11.5 Å². The van der Waals surface area contributed by atoms with Gasteiger partial charge in [-0.25, -0.2) is 4.90 Å². The molecule has 1 unspecified atom stereocenters. The Bertz CT molecular complexity index is 1450. The second-order valence-corrected chi connectivity index (χ2v) is 9.47. The van der Waals surface area contributed by atoms with Crippen molar-refractivity contribution in [1.29, 1.82) is 0 Å². The van der Waals surface area contributed by atoms with Crippen molar-refractivity contribution in [2.24, 2.45) is 0 Å². The molecule has 4 rings (SSSR count). The Balaban J connectivity index is 1.68. The third-order valence-corrected chi connectivity index (χ3v) is 6.90. The first-order valence-corrected chi connectivity index (χ1v) is 12.5. The van der Waals surface area contributed by atoms with Gasteiger partial charge >= 0.3 is 0 Å². The van der Waals surface area contributed by atoms with Crippen LogP contribution >= 0.6 is 23.2 Å². The minimum Gasteiger partial charge on any atom is -0.493 e. The lowest BCUT2D eigenvalue weighted by Gasteiger charge is -2.28. The number of hydrogen-bond acceptors (Lipinski definition) is 7. The Morgan fingerprint density at radius 2 is 1.72 bits per heavy atom. The summed E-state index contributed by atoms with van der Waals surface area (Å²) in [5.41, 5.74) is 0.618. The molecule has 1 fully saturated rings. The fourth-order valence-corrected chi connectivity index (χ4v) is 4.67. The Labute approximate surface area is 233 Å². The van der Waals surface area contributed by atoms with Crippen molar-refractivity contribution < 1.29 is 28.8 Å². The quantitative estimate of drug-likeness (QED) is 0.203. The Hall–Kier alpha value is -4.15. The number of carbonyl (C=O) groups excluding carboxylic acids is 3. The minimum absolute atomic E-state index is 0.0306. The number of nitro groups is 1. The summed E-state index contributed by atoms with van der Waals surface area (Å²) in [5, 5.41) is 11.7. The molecule has 3 aromatic rings. The smallest absolute Gasteiger partial charge is 0.288 e. The maximum absolute atomic E-state index is 13.7. The number of methoxy groups -OCH3 is 2. The number of amides is 3. The maximum Gasteiger partial charge on any atom is 0.288 e. The van der Waals surface area contributed by atoms with Gasteiger partial charge in [0, 0.05) is 23.2 Å². The molecule has 10 nitrogen and oxygen atoms in total. The number of imide groups is 1. The molecule has 0 aromatic heterocycles. The fraction of sp³-hybridized carbons (Fsp3) is 0.222. The maximum atomic E-state index is 13.7. The average molecular weight is 572 g/mol.